The topological polar surface area (TPSA) is 61.8 Å². The van der Waals surface area contributed by atoms with E-state index in [0.717, 1.165) is 5.56 Å². The molecule has 0 fully saturated rings. The first-order valence-corrected chi connectivity index (χ1v) is 8.99. The third-order valence-corrected chi connectivity index (χ3v) is 4.47. The molecule has 0 N–H and O–H groups in total. The molecular weight excluding hydrogens is 344 g/mol. The Kier molecular flexibility index (Phi) is 5.22. The Hall–Kier alpha value is -2.82. The summed E-state index contributed by atoms with van der Waals surface area (Å²) < 4.78 is 16.5. The first kappa shape index (κ1) is 19.0. The lowest BCUT2D eigenvalue weighted by Gasteiger charge is -2.26. The quantitative estimate of drug-likeness (QED) is 0.604. The van der Waals surface area contributed by atoms with Crippen molar-refractivity contribution in [1.82, 2.24) is 0 Å². The second-order valence-corrected chi connectivity index (χ2v) is 7.63. The summed E-state index contributed by atoms with van der Waals surface area (Å²) in [7, 11) is 0. The summed E-state index contributed by atoms with van der Waals surface area (Å²) in [5.74, 6) is 0.213. The minimum atomic E-state index is -0.904. The molecular formula is C22H24O5. The van der Waals surface area contributed by atoms with Crippen molar-refractivity contribution >= 4 is 11.8 Å². The van der Waals surface area contributed by atoms with Gasteiger partial charge in [-0.15, -0.1) is 0 Å². The van der Waals surface area contributed by atoms with Gasteiger partial charge in [-0.05, 0) is 30.0 Å². The molecule has 2 aromatic rings. The van der Waals surface area contributed by atoms with Gasteiger partial charge in [0.1, 0.15) is 6.61 Å². The molecule has 1 aliphatic rings. The Labute approximate surface area is 159 Å². The first-order chi connectivity index (χ1) is 12.8. The second kappa shape index (κ2) is 7.43. The van der Waals surface area contributed by atoms with E-state index in [1.54, 1.807) is 37.3 Å². The van der Waals surface area contributed by atoms with E-state index in [0.29, 0.717) is 17.1 Å². The minimum absolute atomic E-state index is 0.00821. The van der Waals surface area contributed by atoms with Crippen LogP contribution in [0.1, 0.15) is 43.6 Å². The van der Waals surface area contributed by atoms with Gasteiger partial charge in [-0.3, -0.25) is 4.79 Å². The molecule has 0 unspecified atom stereocenters. The second-order valence-electron chi connectivity index (χ2n) is 7.63. The van der Waals surface area contributed by atoms with E-state index in [-0.39, 0.29) is 17.8 Å². The SMILES string of the molecule is C[C@@H](OC(=O)[C@@H]1COc2ccccc2O1)C(=O)c1ccc(C(C)(C)C)cc1. The lowest BCUT2D eigenvalue weighted by molar-refractivity contribution is -0.157. The van der Waals surface area contributed by atoms with Crippen LogP contribution in [0.15, 0.2) is 48.5 Å². The van der Waals surface area contributed by atoms with Crippen LogP contribution in [0, 0.1) is 0 Å². The van der Waals surface area contributed by atoms with Gasteiger partial charge in [-0.1, -0.05) is 57.2 Å². The number of ether oxygens (including phenoxy) is 3. The monoisotopic (exact) mass is 368 g/mol. The molecule has 0 aliphatic carbocycles. The van der Waals surface area contributed by atoms with E-state index in [2.05, 4.69) is 20.8 Å². The van der Waals surface area contributed by atoms with Crippen LogP contribution in [0.3, 0.4) is 0 Å². The van der Waals surface area contributed by atoms with Crippen molar-refractivity contribution in [1.29, 1.82) is 0 Å². The highest BCUT2D eigenvalue weighted by Crippen LogP contribution is 2.31. The van der Waals surface area contributed by atoms with Crippen LogP contribution < -0.4 is 9.47 Å². The summed E-state index contributed by atoms with van der Waals surface area (Å²) >= 11 is 0. The molecule has 0 bridgehead atoms. The third-order valence-electron chi connectivity index (χ3n) is 4.47. The fourth-order valence-corrected chi connectivity index (χ4v) is 2.81. The van der Waals surface area contributed by atoms with E-state index < -0.39 is 18.2 Å². The standard InChI is InChI=1S/C22H24O5/c1-14(20(23)15-9-11-16(12-10-15)22(2,3)4)26-21(24)19-13-25-17-7-5-6-8-18(17)27-19/h5-12,14,19H,13H2,1-4H3/t14-,19+/m1/s1. The molecule has 0 saturated heterocycles. The van der Waals surface area contributed by atoms with Gasteiger partial charge in [-0.25, -0.2) is 4.79 Å². The fraction of sp³-hybridized carbons (Fsp3) is 0.364. The summed E-state index contributed by atoms with van der Waals surface area (Å²) in [6.45, 7) is 7.95. The van der Waals surface area contributed by atoms with Crippen LogP contribution >= 0.6 is 0 Å². The Bertz CT molecular complexity index is 833. The van der Waals surface area contributed by atoms with E-state index in [9.17, 15) is 9.59 Å². The van der Waals surface area contributed by atoms with Gasteiger partial charge in [0.15, 0.2) is 17.6 Å². The molecule has 142 valence electrons. The van der Waals surface area contributed by atoms with Crippen molar-refractivity contribution in [2.75, 3.05) is 6.61 Å². The van der Waals surface area contributed by atoms with Crippen LogP contribution in [0.25, 0.3) is 0 Å². The Balaban J connectivity index is 1.62. The van der Waals surface area contributed by atoms with Gasteiger partial charge < -0.3 is 14.2 Å². The van der Waals surface area contributed by atoms with Crippen molar-refractivity contribution in [3.05, 3.63) is 59.7 Å². The molecule has 2 aromatic carbocycles. The number of hydrogen-bond acceptors (Lipinski definition) is 5. The molecule has 3 rings (SSSR count). The number of fused-ring (bicyclic) bond motifs is 1. The molecule has 0 saturated carbocycles. The van der Waals surface area contributed by atoms with Gasteiger partial charge in [0.2, 0.25) is 11.9 Å². The molecule has 0 amide bonds. The van der Waals surface area contributed by atoms with Crippen LogP contribution in [0.4, 0.5) is 0 Å². The lowest BCUT2D eigenvalue weighted by Crippen LogP contribution is -2.40. The highest BCUT2D eigenvalue weighted by Gasteiger charge is 2.31. The number of carbonyl (C=O) groups excluding carboxylic acids is 2. The molecule has 5 heteroatoms. The smallest absolute Gasteiger partial charge is 0.351 e. The van der Waals surface area contributed by atoms with Crippen molar-refractivity contribution in [2.45, 2.75) is 45.3 Å². The predicted molar refractivity (Wildman–Crippen MR) is 101 cm³/mol. The fourth-order valence-electron chi connectivity index (χ4n) is 2.81. The van der Waals surface area contributed by atoms with E-state index in [1.165, 1.54) is 0 Å². The maximum atomic E-state index is 12.6. The Morgan fingerprint density at radius 3 is 2.30 bits per heavy atom. The van der Waals surface area contributed by atoms with E-state index in [1.807, 2.05) is 18.2 Å². The van der Waals surface area contributed by atoms with E-state index in [4.69, 9.17) is 14.2 Å². The van der Waals surface area contributed by atoms with Crippen LogP contribution in [0.2, 0.25) is 0 Å². The summed E-state index contributed by atoms with van der Waals surface area (Å²) in [6.07, 6.45) is -1.79. The van der Waals surface area contributed by atoms with Gasteiger partial charge in [0.05, 0.1) is 0 Å². The molecule has 0 spiro atoms. The van der Waals surface area contributed by atoms with E-state index >= 15 is 0 Å². The minimum Gasteiger partial charge on any atom is -0.485 e. The highest BCUT2D eigenvalue weighted by atomic mass is 16.6. The van der Waals surface area contributed by atoms with Gasteiger partial charge in [0, 0.05) is 5.56 Å². The van der Waals surface area contributed by atoms with Crippen molar-refractivity contribution in [3.63, 3.8) is 0 Å². The van der Waals surface area contributed by atoms with Crippen molar-refractivity contribution < 1.29 is 23.8 Å². The number of hydrogen-bond donors (Lipinski definition) is 0. The first-order valence-electron chi connectivity index (χ1n) is 8.99. The molecule has 0 aromatic heterocycles. The molecule has 1 aliphatic heterocycles. The Morgan fingerprint density at radius 1 is 1.04 bits per heavy atom. The zero-order valence-electron chi connectivity index (χ0n) is 16.0. The summed E-state index contributed by atoms with van der Waals surface area (Å²) in [6, 6.07) is 14.5. The van der Waals surface area contributed by atoms with Crippen molar-refractivity contribution in [2.24, 2.45) is 0 Å². The van der Waals surface area contributed by atoms with Crippen LogP contribution in [-0.2, 0) is 14.9 Å². The molecule has 1 heterocycles. The molecule has 0 radical (unpaired) electrons. The van der Waals surface area contributed by atoms with Crippen LogP contribution in [0.5, 0.6) is 11.5 Å². The highest BCUT2D eigenvalue weighted by molar-refractivity contribution is 6.00. The molecule has 27 heavy (non-hydrogen) atoms. The number of esters is 1. The van der Waals surface area contributed by atoms with Gasteiger partial charge in [-0.2, -0.15) is 0 Å². The zero-order valence-corrected chi connectivity index (χ0v) is 16.0. The molecule has 5 nitrogen and oxygen atoms in total. The number of carbonyl (C=O) groups is 2. The summed E-state index contributed by atoms with van der Waals surface area (Å²) in [4.78, 5) is 24.9. The van der Waals surface area contributed by atoms with Gasteiger partial charge in [0.25, 0.3) is 0 Å². The number of ketones is 1. The summed E-state index contributed by atoms with van der Waals surface area (Å²) in [5, 5.41) is 0. The number of para-hydroxylation sites is 2. The summed E-state index contributed by atoms with van der Waals surface area (Å²) in [5.41, 5.74) is 1.65. The average molecular weight is 368 g/mol. The number of Topliss-reactive ketones (excluding diaryl/α,β-unsaturated/α-hetero) is 1. The average Bonchev–Trinajstić information content (AvgIpc) is 2.66. The largest absolute Gasteiger partial charge is 0.485 e. The number of benzene rings is 2. The zero-order chi connectivity index (χ0) is 19.6. The number of rotatable bonds is 4. The van der Waals surface area contributed by atoms with Crippen molar-refractivity contribution in [3.8, 4) is 11.5 Å². The lowest BCUT2D eigenvalue weighted by atomic mass is 9.86. The maximum Gasteiger partial charge on any atom is 0.351 e. The Morgan fingerprint density at radius 2 is 1.67 bits per heavy atom. The van der Waals surface area contributed by atoms with Crippen LogP contribution in [-0.4, -0.2) is 30.6 Å². The van der Waals surface area contributed by atoms with Gasteiger partial charge >= 0.3 is 5.97 Å². The normalized spacial score (nSPS) is 17.1. The predicted octanol–water partition coefficient (Wildman–Crippen LogP) is 3.94. The third kappa shape index (κ3) is 4.30. The molecule has 2 atom stereocenters. The maximum absolute atomic E-state index is 12.6.